The molecular formula is C16H8Cl4N2O2. The lowest BCUT2D eigenvalue weighted by molar-refractivity contribution is 0.0699. The van der Waals surface area contributed by atoms with Crippen molar-refractivity contribution in [2.24, 2.45) is 0 Å². The maximum atomic E-state index is 11.8. The summed E-state index contributed by atoms with van der Waals surface area (Å²) >= 11 is 24.1. The van der Waals surface area contributed by atoms with Crippen LogP contribution in [0.2, 0.25) is 20.2 Å². The van der Waals surface area contributed by atoms with Crippen LogP contribution in [0.15, 0.2) is 36.7 Å². The zero-order chi connectivity index (χ0) is 17.4. The normalized spacial score (nSPS) is 10.8. The average Bonchev–Trinajstić information content (AvgIpc) is 2.91. The van der Waals surface area contributed by atoms with E-state index in [0.717, 1.165) is 0 Å². The van der Waals surface area contributed by atoms with Gasteiger partial charge in [0.25, 0.3) is 0 Å². The molecular weight excluding hydrogens is 394 g/mol. The van der Waals surface area contributed by atoms with E-state index < -0.39 is 5.97 Å². The highest BCUT2D eigenvalue weighted by Gasteiger charge is 2.23. The number of rotatable bonds is 3. The Morgan fingerprint density at radius 1 is 1.08 bits per heavy atom. The summed E-state index contributed by atoms with van der Waals surface area (Å²) in [6.07, 6.45) is 3.02. The van der Waals surface area contributed by atoms with Crippen molar-refractivity contribution in [1.82, 2.24) is 9.97 Å². The standard InChI is InChI=1S/C16H8Cl4N2O2/c17-8-3-10(18)13(11(19)4-8)9-6-22-15(14(9)16(23)24)7-1-2-12(20)21-5-7/h1-6,22H,(H,23,24). The van der Waals surface area contributed by atoms with E-state index in [9.17, 15) is 9.90 Å². The van der Waals surface area contributed by atoms with Crippen LogP contribution in [0.3, 0.4) is 0 Å². The lowest BCUT2D eigenvalue weighted by atomic mass is 10.0. The van der Waals surface area contributed by atoms with E-state index >= 15 is 0 Å². The maximum Gasteiger partial charge on any atom is 0.338 e. The van der Waals surface area contributed by atoms with Gasteiger partial charge in [-0.3, -0.25) is 0 Å². The van der Waals surface area contributed by atoms with Crippen LogP contribution in [-0.4, -0.2) is 21.0 Å². The summed E-state index contributed by atoms with van der Waals surface area (Å²) in [7, 11) is 0. The number of nitrogens with one attached hydrogen (secondary N) is 1. The zero-order valence-electron chi connectivity index (χ0n) is 11.8. The number of carboxylic acids is 1. The topological polar surface area (TPSA) is 66.0 Å². The summed E-state index contributed by atoms with van der Waals surface area (Å²) in [4.78, 5) is 18.7. The van der Waals surface area contributed by atoms with Gasteiger partial charge in [0.15, 0.2) is 0 Å². The number of aromatic carboxylic acids is 1. The molecule has 2 aromatic heterocycles. The molecule has 2 heterocycles. The van der Waals surface area contributed by atoms with Gasteiger partial charge in [-0.1, -0.05) is 46.4 Å². The molecule has 0 aliphatic carbocycles. The first-order valence-electron chi connectivity index (χ1n) is 6.60. The largest absolute Gasteiger partial charge is 0.478 e. The Morgan fingerprint density at radius 2 is 1.75 bits per heavy atom. The number of pyridine rings is 1. The van der Waals surface area contributed by atoms with Gasteiger partial charge in [-0.05, 0) is 24.3 Å². The predicted molar refractivity (Wildman–Crippen MR) is 96.5 cm³/mol. The fourth-order valence-corrected chi connectivity index (χ4v) is 3.53. The minimum absolute atomic E-state index is 0.0326. The summed E-state index contributed by atoms with van der Waals surface area (Å²) in [6, 6.07) is 6.26. The second kappa shape index (κ2) is 6.65. The summed E-state index contributed by atoms with van der Waals surface area (Å²) < 4.78 is 0. The van der Waals surface area contributed by atoms with Crippen molar-refractivity contribution >= 4 is 52.4 Å². The maximum absolute atomic E-state index is 11.8. The number of aromatic nitrogens is 2. The number of aromatic amines is 1. The van der Waals surface area contributed by atoms with Crippen molar-refractivity contribution in [2.75, 3.05) is 0 Å². The molecule has 3 aromatic rings. The monoisotopic (exact) mass is 400 g/mol. The Kier molecular flexibility index (Phi) is 4.74. The fraction of sp³-hybridized carbons (Fsp3) is 0. The Labute approximate surface area is 157 Å². The van der Waals surface area contributed by atoms with E-state index in [-0.39, 0.29) is 15.6 Å². The molecule has 24 heavy (non-hydrogen) atoms. The summed E-state index contributed by atoms with van der Waals surface area (Å²) in [5.74, 6) is -1.13. The van der Waals surface area contributed by atoms with Crippen LogP contribution in [0.25, 0.3) is 22.4 Å². The van der Waals surface area contributed by atoms with Gasteiger partial charge < -0.3 is 10.1 Å². The predicted octanol–water partition coefficient (Wildman–Crippen LogP) is 6.06. The Morgan fingerprint density at radius 3 is 2.29 bits per heavy atom. The number of hydrogen-bond donors (Lipinski definition) is 2. The van der Waals surface area contributed by atoms with Crippen molar-refractivity contribution in [3.05, 3.63) is 62.4 Å². The van der Waals surface area contributed by atoms with Crippen LogP contribution < -0.4 is 0 Å². The van der Waals surface area contributed by atoms with E-state index in [1.807, 2.05) is 0 Å². The molecule has 4 nitrogen and oxygen atoms in total. The van der Waals surface area contributed by atoms with Crippen molar-refractivity contribution in [3.63, 3.8) is 0 Å². The highest BCUT2D eigenvalue weighted by molar-refractivity contribution is 6.42. The summed E-state index contributed by atoms with van der Waals surface area (Å²) in [5.41, 5.74) is 1.74. The molecule has 0 amide bonds. The van der Waals surface area contributed by atoms with Gasteiger partial charge in [-0.2, -0.15) is 0 Å². The van der Waals surface area contributed by atoms with Gasteiger partial charge >= 0.3 is 5.97 Å². The lowest BCUT2D eigenvalue weighted by Crippen LogP contribution is -2.00. The third-order valence-electron chi connectivity index (χ3n) is 3.39. The number of nitrogens with zero attached hydrogens (tertiary/aromatic N) is 1. The highest BCUT2D eigenvalue weighted by atomic mass is 35.5. The van der Waals surface area contributed by atoms with Gasteiger partial charge in [0, 0.05) is 34.1 Å². The first-order valence-corrected chi connectivity index (χ1v) is 8.11. The third kappa shape index (κ3) is 3.10. The number of carboxylic acid groups (broad SMARTS) is 1. The quantitative estimate of drug-likeness (QED) is 0.524. The van der Waals surface area contributed by atoms with Gasteiger partial charge in [-0.15, -0.1) is 0 Å². The minimum atomic E-state index is -1.13. The molecule has 122 valence electrons. The van der Waals surface area contributed by atoms with Gasteiger partial charge in [0.2, 0.25) is 0 Å². The van der Waals surface area contributed by atoms with E-state index in [1.165, 1.54) is 24.5 Å². The lowest BCUT2D eigenvalue weighted by Gasteiger charge is -2.08. The molecule has 0 radical (unpaired) electrons. The third-order valence-corrected chi connectivity index (χ3v) is 4.42. The van der Waals surface area contributed by atoms with E-state index in [2.05, 4.69) is 9.97 Å². The number of halogens is 4. The number of benzene rings is 1. The molecule has 0 saturated heterocycles. The Balaban J connectivity index is 2.25. The van der Waals surface area contributed by atoms with Crippen LogP contribution in [0.1, 0.15) is 10.4 Å². The molecule has 2 N–H and O–H groups in total. The first kappa shape index (κ1) is 17.1. The van der Waals surface area contributed by atoms with E-state index in [4.69, 9.17) is 46.4 Å². The summed E-state index contributed by atoms with van der Waals surface area (Å²) in [6.45, 7) is 0. The molecule has 0 bridgehead atoms. The van der Waals surface area contributed by atoms with Crippen LogP contribution in [0, 0.1) is 0 Å². The first-order chi connectivity index (χ1) is 11.4. The van der Waals surface area contributed by atoms with E-state index in [1.54, 1.807) is 12.1 Å². The molecule has 0 atom stereocenters. The Bertz CT molecular complexity index is 913. The van der Waals surface area contributed by atoms with Crippen molar-refractivity contribution in [2.45, 2.75) is 0 Å². The molecule has 3 rings (SSSR count). The molecule has 1 aromatic carbocycles. The number of H-pyrrole nitrogens is 1. The number of hydrogen-bond acceptors (Lipinski definition) is 2. The highest BCUT2D eigenvalue weighted by Crippen LogP contribution is 2.41. The molecule has 0 aliphatic heterocycles. The second-order valence-electron chi connectivity index (χ2n) is 4.87. The molecule has 8 heteroatoms. The fourth-order valence-electron chi connectivity index (χ4n) is 2.39. The van der Waals surface area contributed by atoms with Crippen LogP contribution >= 0.6 is 46.4 Å². The molecule has 0 fully saturated rings. The molecule has 0 unspecified atom stereocenters. The number of carbonyl (C=O) groups is 1. The van der Waals surface area contributed by atoms with Crippen molar-refractivity contribution in [3.8, 4) is 22.4 Å². The van der Waals surface area contributed by atoms with Crippen molar-refractivity contribution < 1.29 is 9.90 Å². The van der Waals surface area contributed by atoms with E-state index in [0.29, 0.717) is 32.6 Å². The van der Waals surface area contributed by atoms with Crippen molar-refractivity contribution in [1.29, 1.82) is 0 Å². The molecule has 0 aliphatic rings. The SMILES string of the molecule is O=C(O)c1c(-c2c(Cl)cc(Cl)cc2Cl)c[nH]c1-c1ccc(Cl)nc1. The zero-order valence-corrected chi connectivity index (χ0v) is 14.8. The van der Waals surface area contributed by atoms with Gasteiger partial charge in [-0.25, -0.2) is 9.78 Å². The second-order valence-corrected chi connectivity index (χ2v) is 6.51. The Hall–Kier alpha value is -1.72. The van der Waals surface area contributed by atoms with Gasteiger partial charge in [0.1, 0.15) is 5.15 Å². The van der Waals surface area contributed by atoms with Crippen LogP contribution in [0.5, 0.6) is 0 Å². The smallest absolute Gasteiger partial charge is 0.338 e. The molecule has 0 saturated carbocycles. The molecule has 0 spiro atoms. The van der Waals surface area contributed by atoms with Gasteiger partial charge in [0.05, 0.1) is 21.3 Å². The van der Waals surface area contributed by atoms with Crippen LogP contribution in [0.4, 0.5) is 0 Å². The average molecular weight is 402 g/mol. The van der Waals surface area contributed by atoms with Crippen LogP contribution in [-0.2, 0) is 0 Å². The minimum Gasteiger partial charge on any atom is -0.478 e. The summed E-state index contributed by atoms with van der Waals surface area (Å²) in [5, 5.41) is 10.9.